The van der Waals surface area contributed by atoms with Gasteiger partial charge in [0.1, 0.15) is 5.82 Å². The Hall–Kier alpha value is -2.87. The molecule has 1 aliphatic rings. The first-order valence-corrected chi connectivity index (χ1v) is 10.4. The van der Waals surface area contributed by atoms with Gasteiger partial charge in [0.25, 0.3) is 0 Å². The second-order valence-electron chi connectivity index (χ2n) is 7.10. The van der Waals surface area contributed by atoms with Gasteiger partial charge < -0.3 is 11.2 Å². The molecule has 2 aromatic carbocycles. The molecular formula is C21H22FN5OS. The highest BCUT2D eigenvalue weighted by molar-refractivity contribution is 8.00. The average molecular weight is 412 g/mol. The summed E-state index contributed by atoms with van der Waals surface area (Å²) in [5, 5.41) is 11.3. The summed E-state index contributed by atoms with van der Waals surface area (Å²) in [6.45, 7) is 1.81. The van der Waals surface area contributed by atoms with E-state index in [2.05, 4.69) is 27.6 Å². The van der Waals surface area contributed by atoms with Crippen LogP contribution in [0.1, 0.15) is 36.9 Å². The van der Waals surface area contributed by atoms with Crippen molar-refractivity contribution >= 4 is 17.7 Å². The molecule has 4 rings (SSSR count). The van der Waals surface area contributed by atoms with E-state index in [9.17, 15) is 9.18 Å². The van der Waals surface area contributed by atoms with Gasteiger partial charge in [-0.1, -0.05) is 48.2 Å². The van der Waals surface area contributed by atoms with Gasteiger partial charge in [-0.15, -0.1) is 10.2 Å². The number of aromatic nitrogens is 3. The Kier molecular flexibility index (Phi) is 5.53. The molecule has 0 unspecified atom stereocenters. The molecule has 3 aromatic rings. The molecular weight excluding hydrogens is 389 g/mol. The van der Waals surface area contributed by atoms with Crippen LogP contribution in [-0.2, 0) is 11.2 Å². The molecule has 0 fully saturated rings. The third-order valence-corrected chi connectivity index (χ3v) is 6.14. The van der Waals surface area contributed by atoms with Crippen LogP contribution >= 0.6 is 11.8 Å². The summed E-state index contributed by atoms with van der Waals surface area (Å²) in [6, 6.07) is 14.3. The lowest BCUT2D eigenvalue weighted by Crippen LogP contribution is -2.36. The number of halogens is 1. The molecule has 0 aliphatic heterocycles. The van der Waals surface area contributed by atoms with Gasteiger partial charge >= 0.3 is 0 Å². The molecule has 2 atom stereocenters. The van der Waals surface area contributed by atoms with Crippen molar-refractivity contribution in [3.8, 4) is 11.4 Å². The topological polar surface area (TPSA) is 85.8 Å². The van der Waals surface area contributed by atoms with Gasteiger partial charge in [0, 0.05) is 5.56 Å². The fourth-order valence-electron chi connectivity index (χ4n) is 3.59. The second kappa shape index (κ2) is 8.24. The molecule has 150 valence electrons. The molecule has 8 heteroatoms. The van der Waals surface area contributed by atoms with Crippen molar-refractivity contribution in [1.29, 1.82) is 0 Å². The summed E-state index contributed by atoms with van der Waals surface area (Å²) in [4.78, 5) is 12.8. The van der Waals surface area contributed by atoms with Gasteiger partial charge in [-0.05, 0) is 49.4 Å². The predicted molar refractivity (Wildman–Crippen MR) is 111 cm³/mol. The smallest absolute Gasteiger partial charge is 0.233 e. The van der Waals surface area contributed by atoms with Crippen LogP contribution in [0, 0.1) is 5.82 Å². The molecule has 0 bridgehead atoms. The maximum Gasteiger partial charge on any atom is 0.233 e. The van der Waals surface area contributed by atoms with Crippen molar-refractivity contribution in [1.82, 2.24) is 20.2 Å². The van der Waals surface area contributed by atoms with E-state index in [1.165, 1.54) is 39.7 Å². The fraction of sp³-hybridized carbons (Fsp3) is 0.286. The molecule has 1 aliphatic carbocycles. The van der Waals surface area contributed by atoms with Crippen molar-refractivity contribution in [2.45, 2.75) is 42.6 Å². The van der Waals surface area contributed by atoms with Crippen molar-refractivity contribution in [3.63, 3.8) is 0 Å². The van der Waals surface area contributed by atoms with E-state index in [-0.39, 0.29) is 17.8 Å². The first-order valence-electron chi connectivity index (χ1n) is 9.54. The number of benzene rings is 2. The molecule has 1 heterocycles. The summed E-state index contributed by atoms with van der Waals surface area (Å²) < 4.78 is 14.8. The molecule has 0 saturated carbocycles. The van der Waals surface area contributed by atoms with Gasteiger partial charge in [0.05, 0.1) is 11.3 Å². The summed E-state index contributed by atoms with van der Waals surface area (Å²) in [7, 11) is 0. The monoisotopic (exact) mass is 411 g/mol. The number of carbonyl (C=O) groups excluding carboxylic acids is 1. The Bertz CT molecular complexity index is 1040. The van der Waals surface area contributed by atoms with E-state index in [0.29, 0.717) is 16.5 Å². The van der Waals surface area contributed by atoms with E-state index in [1.807, 2.05) is 19.1 Å². The van der Waals surface area contributed by atoms with Gasteiger partial charge in [-0.2, -0.15) is 0 Å². The van der Waals surface area contributed by atoms with Crippen molar-refractivity contribution in [2.75, 3.05) is 5.84 Å². The highest BCUT2D eigenvalue weighted by Gasteiger charge is 2.25. The largest absolute Gasteiger partial charge is 0.348 e. The minimum atomic E-state index is -0.407. The lowest BCUT2D eigenvalue weighted by atomic mass is 9.88. The summed E-state index contributed by atoms with van der Waals surface area (Å²) in [6.07, 6.45) is 3.03. The zero-order valence-corrected chi connectivity index (χ0v) is 16.8. The minimum Gasteiger partial charge on any atom is -0.348 e. The van der Waals surface area contributed by atoms with Crippen LogP contribution in [0.3, 0.4) is 0 Å². The molecule has 0 saturated heterocycles. The molecule has 0 radical (unpaired) electrons. The third kappa shape index (κ3) is 4.12. The Morgan fingerprint density at radius 3 is 2.93 bits per heavy atom. The number of nitrogens with zero attached hydrogens (tertiary/aromatic N) is 3. The SMILES string of the molecule is C[C@H](Sc1nnc(-c2cccc(F)c2)n1N)C(=O)N[C@@H]1CCCc2ccccc21. The molecule has 6 nitrogen and oxygen atoms in total. The minimum absolute atomic E-state index is 0.0223. The van der Waals surface area contributed by atoms with Crippen molar-refractivity contribution in [2.24, 2.45) is 0 Å². The Balaban J connectivity index is 1.45. The molecule has 29 heavy (non-hydrogen) atoms. The zero-order valence-electron chi connectivity index (χ0n) is 16.0. The van der Waals surface area contributed by atoms with E-state index in [0.717, 1.165) is 19.3 Å². The predicted octanol–water partition coefficient (Wildman–Crippen LogP) is 3.47. The zero-order chi connectivity index (χ0) is 20.4. The van der Waals surface area contributed by atoms with Crippen LogP contribution in [0.2, 0.25) is 0 Å². The summed E-state index contributed by atoms with van der Waals surface area (Å²) in [5.74, 6) is 5.99. The molecule has 0 spiro atoms. The normalized spacial score (nSPS) is 16.8. The highest BCUT2D eigenvalue weighted by atomic mass is 32.2. The number of amides is 1. The van der Waals surface area contributed by atoms with Crippen molar-refractivity contribution < 1.29 is 9.18 Å². The van der Waals surface area contributed by atoms with Crippen molar-refractivity contribution in [3.05, 3.63) is 65.5 Å². The van der Waals surface area contributed by atoms with Crippen LogP contribution in [0.15, 0.2) is 53.7 Å². The second-order valence-corrected chi connectivity index (χ2v) is 8.41. The molecule has 3 N–H and O–H groups in total. The lowest BCUT2D eigenvalue weighted by molar-refractivity contribution is -0.121. The fourth-order valence-corrected chi connectivity index (χ4v) is 4.37. The Morgan fingerprint density at radius 1 is 1.28 bits per heavy atom. The number of thioether (sulfide) groups is 1. The number of fused-ring (bicyclic) bond motifs is 1. The van der Waals surface area contributed by atoms with Crippen LogP contribution in [0.4, 0.5) is 4.39 Å². The number of hydrogen-bond acceptors (Lipinski definition) is 5. The summed E-state index contributed by atoms with van der Waals surface area (Å²) in [5.41, 5.74) is 3.02. The van der Waals surface area contributed by atoms with E-state index in [4.69, 9.17) is 5.84 Å². The highest BCUT2D eigenvalue weighted by Crippen LogP contribution is 2.31. The number of aryl methyl sites for hydroxylation is 1. The van der Waals surface area contributed by atoms with E-state index < -0.39 is 5.25 Å². The standard InChI is InChI=1S/C21H22FN5OS/c1-13(20(28)24-18-11-5-7-14-6-2-3-10-17(14)18)29-21-26-25-19(27(21)23)15-8-4-9-16(22)12-15/h2-4,6,8-10,12-13,18H,5,7,11,23H2,1H3,(H,24,28)/t13-,18+/m0/s1. The lowest BCUT2D eigenvalue weighted by Gasteiger charge is -2.27. The van der Waals surface area contributed by atoms with Gasteiger partial charge in [0.15, 0.2) is 5.82 Å². The number of nitrogens with one attached hydrogen (secondary N) is 1. The van der Waals surface area contributed by atoms with Crippen LogP contribution < -0.4 is 11.2 Å². The maximum atomic E-state index is 13.5. The first-order chi connectivity index (χ1) is 14.0. The average Bonchev–Trinajstić information content (AvgIpc) is 3.08. The van der Waals surface area contributed by atoms with Gasteiger partial charge in [-0.25, -0.2) is 9.07 Å². The van der Waals surface area contributed by atoms with Gasteiger partial charge in [-0.3, -0.25) is 4.79 Å². The van der Waals surface area contributed by atoms with Crippen LogP contribution in [0.25, 0.3) is 11.4 Å². The molecule has 1 aromatic heterocycles. The number of nitrogens with two attached hydrogens (primary N) is 1. The maximum absolute atomic E-state index is 13.5. The van der Waals surface area contributed by atoms with Crippen LogP contribution in [0.5, 0.6) is 0 Å². The number of nitrogen functional groups attached to an aromatic ring is 1. The number of carbonyl (C=O) groups is 1. The Labute approximate surface area is 172 Å². The van der Waals surface area contributed by atoms with E-state index in [1.54, 1.807) is 12.1 Å². The summed E-state index contributed by atoms with van der Waals surface area (Å²) >= 11 is 1.23. The quantitative estimate of drug-likeness (QED) is 0.496. The van der Waals surface area contributed by atoms with E-state index >= 15 is 0 Å². The molecule has 1 amide bonds. The number of rotatable bonds is 5. The Morgan fingerprint density at radius 2 is 2.10 bits per heavy atom. The number of hydrogen-bond donors (Lipinski definition) is 2. The van der Waals surface area contributed by atoms with Gasteiger partial charge in [0.2, 0.25) is 11.1 Å². The van der Waals surface area contributed by atoms with Crippen LogP contribution in [-0.4, -0.2) is 26.0 Å². The first kappa shape index (κ1) is 19.4. The third-order valence-electron chi connectivity index (χ3n) is 5.08.